The fourth-order valence-electron chi connectivity index (χ4n) is 2.50. The van der Waals surface area contributed by atoms with E-state index < -0.39 is 0 Å². The standard InChI is InChI=1S/C13H17BrN4/c14-12-6-11(7-16)13(17-8-12)18-5-1-2-10(9-18)3-4-15/h6,8,10H,1-5,9,15H2. The lowest BCUT2D eigenvalue weighted by atomic mass is 9.94. The van der Waals surface area contributed by atoms with Crippen LogP contribution in [0.4, 0.5) is 5.82 Å². The second-order valence-electron chi connectivity index (χ2n) is 4.67. The molecule has 0 aromatic carbocycles. The van der Waals surface area contributed by atoms with Crippen LogP contribution in [0.5, 0.6) is 0 Å². The third-order valence-corrected chi connectivity index (χ3v) is 3.78. The van der Waals surface area contributed by atoms with Crippen molar-refractivity contribution in [3.05, 3.63) is 22.3 Å². The highest BCUT2D eigenvalue weighted by Gasteiger charge is 2.22. The number of rotatable bonds is 3. The molecule has 5 heteroatoms. The van der Waals surface area contributed by atoms with E-state index in [1.54, 1.807) is 6.20 Å². The molecule has 1 aromatic rings. The average molecular weight is 309 g/mol. The molecule has 2 N–H and O–H groups in total. The Balaban J connectivity index is 2.18. The molecule has 1 aliphatic rings. The Hall–Kier alpha value is -1.12. The summed E-state index contributed by atoms with van der Waals surface area (Å²) in [7, 11) is 0. The van der Waals surface area contributed by atoms with Crippen LogP contribution in [0.3, 0.4) is 0 Å². The van der Waals surface area contributed by atoms with Crippen LogP contribution in [-0.2, 0) is 0 Å². The van der Waals surface area contributed by atoms with E-state index in [0.717, 1.165) is 42.8 Å². The number of anilines is 1. The summed E-state index contributed by atoms with van der Waals surface area (Å²) in [4.78, 5) is 6.61. The van der Waals surface area contributed by atoms with Gasteiger partial charge in [0.2, 0.25) is 0 Å². The number of nitrogens with two attached hydrogens (primary N) is 1. The summed E-state index contributed by atoms with van der Waals surface area (Å²) >= 11 is 3.35. The summed E-state index contributed by atoms with van der Waals surface area (Å²) in [6.07, 6.45) is 5.18. The molecule has 2 heterocycles. The van der Waals surface area contributed by atoms with E-state index in [9.17, 15) is 5.26 Å². The Labute approximate surface area is 116 Å². The summed E-state index contributed by atoms with van der Waals surface area (Å²) in [5.74, 6) is 1.43. The van der Waals surface area contributed by atoms with Crippen LogP contribution < -0.4 is 10.6 Å². The van der Waals surface area contributed by atoms with Gasteiger partial charge in [-0.15, -0.1) is 0 Å². The third-order valence-electron chi connectivity index (χ3n) is 3.35. The lowest BCUT2D eigenvalue weighted by Crippen LogP contribution is -2.37. The van der Waals surface area contributed by atoms with Gasteiger partial charge in [-0.1, -0.05) is 0 Å². The number of nitriles is 1. The fraction of sp³-hybridized carbons (Fsp3) is 0.538. The largest absolute Gasteiger partial charge is 0.355 e. The molecule has 1 aromatic heterocycles. The zero-order chi connectivity index (χ0) is 13.0. The predicted octanol–water partition coefficient (Wildman–Crippen LogP) is 2.28. The molecule has 96 valence electrons. The quantitative estimate of drug-likeness (QED) is 0.930. The lowest BCUT2D eigenvalue weighted by Gasteiger charge is -2.33. The van der Waals surface area contributed by atoms with Crippen molar-refractivity contribution in [2.75, 3.05) is 24.5 Å². The number of hydrogen-bond acceptors (Lipinski definition) is 4. The summed E-state index contributed by atoms with van der Waals surface area (Å²) < 4.78 is 0.846. The zero-order valence-corrected chi connectivity index (χ0v) is 11.9. The molecule has 0 amide bonds. The number of pyridine rings is 1. The topological polar surface area (TPSA) is 65.9 Å². The van der Waals surface area contributed by atoms with Crippen molar-refractivity contribution in [3.8, 4) is 6.07 Å². The van der Waals surface area contributed by atoms with Gasteiger partial charge in [-0.05, 0) is 53.7 Å². The summed E-state index contributed by atoms with van der Waals surface area (Å²) in [6.45, 7) is 2.67. The molecule has 0 saturated carbocycles. The maximum Gasteiger partial charge on any atom is 0.146 e. The maximum absolute atomic E-state index is 9.19. The molecule has 18 heavy (non-hydrogen) atoms. The summed E-state index contributed by atoms with van der Waals surface area (Å²) in [5.41, 5.74) is 6.26. The molecule has 0 radical (unpaired) electrons. The number of piperidine rings is 1. The zero-order valence-electron chi connectivity index (χ0n) is 10.3. The van der Waals surface area contributed by atoms with Gasteiger partial charge in [-0.2, -0.15) is 5.26 Å². The van der Waals surface area contributed by atoms with Crippen molar-refractivity contribution in [2.45, 2.75) is 19.3 Å². The van der Waals surface area contributed by atoms with Crippen molar-refractivity contribution in [2.24, 2.45) is 11.7 Å². The Morgan fingerprint density at radius 3 is 3.17 bits per heavy atom. The van der Waals surface area contributed by atoms with Gasteiger partial charge < -0.3 is 10.6 Å². The predicted molar refractivity (Wildman–Crippen MR) is 75.3 cm³/mol. The van der Waals surface area contributed by atoms with E-state index in [2.05, 4.69) is 31.9 Å². The average Bonchev–Trinajstić information content (AvgIpc) is 2.39. The van der Waals surface area contributed by atoms with Crippen LogP contribution in [0.1, 0.15) is 24.8 Å². The van der Waals surface area contributed by atoms with Gasteiger partial charge in [0.25, 0.3) is 0 Å². The first kappa shape index (κ1) is 13.3. The molecule has 4 nitrogen and oxygen atoms in total. The summed E-state index contributed by atoms with van der Waals surface area (Å²) in [6, 6.07) is 4.05. The van der Waals surface area contributed by atoms with E-state index in [4.69, 9.17) is 5.73 Å². The third kappa shape index (κ3) is 3.01. The van der Waals surface area contributed by atoms with Crippen molar-refractivity contribution in [1.82, 2.24) is 4.98 Å². The van der Waals surface area contributed by atoms with Gasteiger partial charge >= 0.3 is 0 Å². The number of aromatic nitrogens is 1. The van der Waals surface area contributed by atoms with Crippen molar-refractivity contribution in [1.29, 1.82) is 5.26 Å². The first-order valence-electron chi connectivity index (χ1n) is 6.25. The molecule has 1 saturated heterocycles. The Kier molecular flexibility index (Phi) is 4.56. The van der Waals surface area contributed by atoms with E-state index in [0.29, 0.717) is 11.5 Å². The number of nitrogens with zero attached hydrogens (tertiary/aromatic N) is 3. The monoisotopic (exact) mass is 308 g/mol. The van der Waals surface area contributed by atoms with Crippen molar-refractivity contribution < 1.29 is 0 Å². The van der Waals surface area contributed by atoms with Crippen LogP contribution in [0.25, 0.3) is 0 Å². The molecule has 1 fully saturated rings. The molecule has 0 bridgehead atoms. The van der Waals surface area contributed by atoms with Crippen molar-refractivity contribution >= 4 is 21.7 Å². The number of halogens is 1. The van der Waals surface area contributed by atoms with E-state index in [1.807, 2.05) is 6.07 Å². The molecule has 2 rings (SSSR count). The van der Waals surface area contributed by atoms with E-state index in [1.165, 1.54) is 6.42 Å². The van der Waals surface area contributed by atoms with Crippen LogP contribution in [0.15, 0.2) is 16.7 Å². The van der Waals surface area contributed by atoms with Crippen LogP contribution in [0.2, 0.25) is 0 Å². The molecule has 1 atom stereocenters. The lowest BCUT2D eigenvalue weighted by molar-refractivity contribution is 0.394. The van der Waals surface area contributed by atoms with Gasteiger partial charge in [0.05, 0.1) is 5.56 Å². The molecule has 1 unspecified atom stereocenters. The minimum atomic E-state index is 0.626. The minimum absolute atomic E-state index is 0.626. The molecular weight excluding hydrogens is 292 g/mol. The van der Waals surface area contributed by atoms with Crippen molar-refractivity contribution in [3.63, 3.8) is 0 Å². The molecule has 0 spiro atoms. The van der Waals surface area contributed by atoms with E-state index >= 15 is 0 Å². The second-order valence-corrected chi connectivity index (χ2v) is 5.58. The Bertz CT molecular complexity index is 453. The first-order valence-corrected chi connectivity index (χ1v) is 7.04. The van der Waals surface area contributed by atoms with Gasteiger partial charge in [0.1, 0.15) is 11.9 Å². The van der Waals surface area contributed by atoms with Crippen LogP contribution in [0, 0.1) is 17.2 Å². The highest BCUT2D eigenvalue weighted by molar-refractivity contribution is 9.10. The Morgan fingerprint density at radius 2 is 2.44 bits per heavy atom. The molecular formula is C13H17BrN4. The smallest absolute Gasteiger partial charge is 0.146 e. The van der Waals surface area contributed by atoms with Gasteiger partial charge in [-0.3, -0.25) is 0 Å². The van der Waals surface area contributed by atoms with Crippen LogP contribution in [-0.4, -0.2) is 24.6 Å². The van der Waals surface area contributed by atoms with E-state index in [-0.39, 0.29) is 0 Å². The first-order chi connectivity index (χ1) is 8.74. The second kappa shape index (κ2) is 6.17. The highest BCUT2D eigenvalue weighted by Crippen LogP contribution is 2.27. The Morgan fingerprint density at radius 1 is 1.61 bits per heavy atom. The van der Waals surface area contributed by atoms with Gasteiger partial charge in [0, 0.05) is 23.8 Å². The maximum atomic E-state index is 9.19. The SMILES string of the molecule is N#Cc1cc(Br)cnc1N1CCCC(CCN)C1. The normalized spacial score (nSPS) is 19.6. The molecule has 0 aliphatic carbocycles. The van der Waals surface area contributed by atoms with Gasteiger partial charge in [0.15, 0.2) is 0 Å². The van der Waals surface area contributed by atoms with Gasteiger partial charge in [-0.25, -0.2) is 4.98 Å². The fourth-order valence-corrected chi connectivity index (χ4v) is 2.83. The highest BCUT2D eigenvalue weighted by atomic mass is 79.9. The van der Waals surface area contributed by atoms with Crippen LogP contribution >= 0.6 is 15.9 Å². The minimum Gasteiger partial charge on any atom is -0.355 e. The summed E-state index contributed by atoms with van der Waals surface area (Å²) in [5, 5.41) is 9.19. The number of hydrogen-bond donors (Lipinski definition) is 1. The molecule has 1 aliphatic heterocycles.